The molecule has 10 aromatic rings. The Balaban J connectivity index is 1.06. The molecule has 240 valence electrons. The Labute approximate surface area is 296 Å². The molecule has 0 spiro atoms. The van der Waals surface area contributed by atoms with Crippen molar-refractivity contribution < 1.29 is 4.42 Å². The minimum Gasteiger partial charge on any atom is -0.456 e. The highest BCUT2D eigenvalue weighted by molar-refractivity contribution is 7.26. The first kappa shape index (κ1) is 28.5. The third-order valence-electron chi connectivity index (χ3n) is 10.1. The van der Waals surface area contributed by atoms with Gasteiger partial charge < -0.3 is 8.98 Å². The van der Waals surface area contributed by atoms with Crippen LogP contribution in [0.25, 0.3) is 92.4 Å². The lowest BCUT2D eigenvalue weighted by Gasteiger charge is -2.14. The molecule has 1 aliphatic carbocycles. The van der Waals surface area contributed by atoms with Crippen LogP contribution in [-0.2, 0) is 0 Å². The number of nitrogens with zero attached hydrogens (tertiary/aromatic N) is 4. The van der Waals surface area contributed by atoms with E-state index in [0.717, 1.165) is 45.3 Å². The maximum absolute atomic E-state index is 6.63. The molecule has 1 atom stereocenters. The van der Waals surface area contributed by atoms with Gasteiger partial charge in [-0.3, -0.25) is 0 Å². The molecule has 1 aliphatic rings. The van der Waals surface area contributed by atoms with E-state index in [0.29, 0.717) is 11.6 Å². The van der Waals surface area contributed by atoms with E-state index in [1.807, 2.05) is 41.7 Å². The van der Waals surface area contributed by atoms with E-state index < -0.39 is 0 Å². The van der Waals surface area contributed by atoms with Gasteiger partial charge in [-0.05, 0) is 48.9 Å². The first-order chi connectivity index (χ1) is 25.3. The summed E-state index contributed by atoms with van der Waals surface area (Å²) in [6.45, 7) is 0. The van der Waals surface area contributed by atoms with Gasteiger partial charge in [0.1, 0.15) is 17.0 Å². The molecule has 0 aliphatic heterocycles. The van der Waals surface area contributed by atoms with Gasteiger partial charge in [-0.2, -0.15) is 0 Å². The molecule has 0 amide bonds. The van der Waals surface area contributed by atoms with Crippen molar-refractivity contribution in [2.24, 2.45) is 0 Å². The highest BCUT2D eigenvalue weighted by atomic mass is 32.1. The van der Waals surface area contributed by atoms with Crippen molar-refractivity contribution in [1.82, 2.24) is 19.5 Å². The van der Waals surface area contributed by atoms with E-state index >= 15 is 0 Å². The van der Waals surface area contributed by atoms with Crippen molar-refractivity contribution >= 4 is 75.3 Å². The third kappa shape index (κ3) is 4.43. The first-order valence-electron chi connectivity index (χ1n) is 17.2. The summed E-state index contributed by atoms with van der Waals surface area (Å²) < 4.78 is 11.5. The number of hydrogen-bond acceptors (Lipinski definition) is 5. The lowest BCUT2D eigenvalue weighted by Crippen LogP contribution is -2.07. The molecule has 4 aromatic heterocycles. The zero-order valence-electron chi connectivity index (χ0n) is 27.3. The molecule has 0 saturated heterocycles. The average molecular weight is 673 g/mol. The first-order valence-corrected chi connectivity index (χ1v) is 18.0. The molecule has 6 aromatic carbocycles. The van der Waals surface area contributed by atoms with E-state index in [1.54, 1.807) is 0 Å². The number of fused-ring (bicyclic) bond motifs is 9. The second-order valence-corrected chi connectivity index (χ2v) is 14.2. The zero-order valence-corrected chi connectivity index (χ0v) is 28.1. The van der Waals surface area contributed by atoms with Crippen LogP contribution in [0.1, 0.15) is 18.2 Å². The van der Waals surface area contributed by atoms with Crippen molar-refractivity contribution in [2.45, 2.75) is 12.3 Å². The zero-order chi connectivity index (χ0) is 33.5. The molecule has 51 heavy (non-hydrogen) atoms. The lowest BCUT2D eigenvalue weighted by atomic mass is 10.00. The van der Waals surface area contributed by atoms with Crippen LogP contribution in [0, 0.1) is 0 Å². The standard InChI is InChI=1S/C45H28N4OS/c1-3-12-27(13-4-1)43-46-44(28-14-5-2-6-15-28)48-45(47-43)29-22-23-32-34-26-41-35(25-40(34)50-39(32)24-29)33-18-11-21-38(42(33)51-41)49-36-19-9-7-16-30(36)31-17-8-10-20-37(31)49/h1-14,16-26,28H,15H2. The normalized spacial score (nSPS) is 14.6. The van der Waals surface area contributed by atoms with Crippen molar-refractivity contribution in [2.75, 3.05) is 0 Å². The SMILES string of the molecule is C1=CCC(c2nc(-c3ccccc3)nc(-c3ccc4c(c3)oc3cc5c(cc34)sc3c(-n4c6ccccc6c6ccccc64)cccc35)n2)C=C1. The highest BCUT2D eigenvalue weighted by Crippen LogP contribution is 2.44. The van der Waals surface area contributed by atoms with Gasteiger partial charge in [0, 0.05) is 54.1 Å². The predicted molar refractivity (Wildman–Crippen MR) is 211 cm³/mol. The third-order valence-corrected chi connectivity index (χ3v) is 11.3. The topological polar surface area (TPSA) is 56.7 Å². The summed E-state index contributed by atoms with van der Waals surface area (Å²) >= 11 is 1.85. The molecule has 0 fully saturated rings. The van der Waals surface area contributed by atoms with E-state index in [1.165, 1.54) is 47.7 Å². The number of allylic oxidation sites excluding steroid dienone is 4. The Kier molecular flexibility index (Phi) is 6.18. The fraction of sp³-hybridized carbons (Fsp3) is 0.0444. The summed E-state index contributed by atoms with van der Waals surface area (Å²) in [4.78, 5) is 14.9. The van der Waals surface area contributed by atoms with E-state index in [4.69, 9.17) is 19.4 Å². The number of furan rings is 1. The number of benzene rings is 6. The minimum atomic E-state index is 0.104. The summed E-state index contributed by atoms with van der Waals surface area (Å²) in [6.07, 6.45) is 9.33. The molecule has 4 heterocycles. The number of rotatable bonds is 4. The molecule has 0 N–H and O–H groups in total. The number of hydrogen-bond donors (Lipinski definition) is 0. The molecule has 0 radical (unpaired) electrons. The largest absolute Gasteiger partial charge is 0.456 e. The van der Waals surface area contributed by atoms with Crippen molar-refractivity contribution in [1.29, 1.82) is 0 Å². The van der Waals surface area contributed by atoms with Gasteiger partial charge in [0.15, 0.2) is 11.6 Å². The Morgan fingerprint density at radius 1 is 0.569 bits per heavy atom. The summed E-state index contributed by atoms with van der Waals surface area (Å²) in [5, 5.41) is 7.15. The van der Waals surface area contributed by atoms with Crippen LogP contribution in [0.2, 0.25) is 0 Å². The van der Waals surface area contributed by atoms with Crippen LogP contribution in [0.5, 0.6) is 0 Å². The maximum atomic E-state index is 6.63. The van der Waals surface area contributed by atoms with Crippen LogP contribution < -0.4 is 0 Å². The van der Waals surface area contributed by atoms with Gasteiger partial charge in [0.25, 0.3) is 0 Å². The number of para-hydroxylation sites is 2. The van der Waals surface area contributed by atoms with Gasteiger partial charge in [0.05, 0.1) is 21.4 Å². The lowest BCUT2D eigenvalue weighted by molar-refractivity contribution is 0.669. The summed E-state index contributed by atoms with van der Waals surface area (Å²) in [6, 6.07) is 45.0. The van der Waals surface area contributed by atoms with E-state index in [9.17, 15) is 0 Å². The minimum absolute atomic E-state index is 0.104. The van der Waals surface area contributed by atoms with Crippen LogP contribution in [0.4, 0.5) is 0 Å². The van der Waals surface area contributed by atoms with Crippen LogP contribution in [0.15, 0.2) is 156 Å². The van der Waals surface area contributed by atoms with Gasteiger partial charge in [-0.1, -0.05) is 109 Å². The average Bonchev–Trinajstić information content (AvgIpc) is 3.86. The van der Waals surface area contributed by atoms with Crippen LogP contribution in [-0.4, -0.2) is 19.5 Å². The van der Waals surface area contributed by atoms with Crippen molar-refractivity contribution in [3.63, 3.8) is 0 Å². The smallest absolute Gasteiger partial charge is 0.163 e. The quantitative estimate of drug-likeness (QED) is 0.187. The summed E-state index contributed by atoms with van der Waals surface area (Å²) in [5.74, 6) is 2.20. The molecular formula is C45H28N4OS. The van der Waals surface area contributed by atoms with Crippen molar-refractivity contribution in [3.05, 3.63) is 158 Å². The van der Waals surface area contributed by atoms with Crippen LogP contribution >= 0.6 is 11.3 Å². The number of thiophene rings is 1. The molecule has 1 unspecified atom stereocenters. The fourth-order valence-electron chi connectivity index (χ4n) is 7.72. The molecular weight excluding hydrogens is 645 g/mol. The van der Waals surface area contributed by atoms with Crippen LogP contribution in [0.3, 0.4) is 0 Å². The van der Waals surface area contributed by atoms with E-state index in [2.05, 4.69) is 126 Å². The molecule has 11 rings (SSSR count). The fourth-order valence-corrected chi connectivity index (χ4v) is 8.95. The van der Waals surface area contributed by atoms with E-state index in [-0.39, 0.29) is 5.92 Å². The van der Waals surface area contributed by atoms with Gasteiger partial charge in [0.2, 0.25) is 0 Å². The Morgan fingerprint density at radius 2 is 1.29 bits per heavy atom. The molecule has 6 heteroatoms. The maximum Gasteiger partial charge on any atom is 0.163 e. The van der Waals surface area contributed by atoms with Gasteiger partial charge in [-0.15, -0.1) is 11.3 Å². The van der Waals surface area contributed by atoms with Gasteiger partial charge >= 0.3 is 0 Å². The summed E-state index contributed by atoms with van der Waals surface area (Å²) in [7, 11) is 0. The second kappa shape index (κ2) is 11.1. The summed E-state index contributed by atoms with van der Waals surface area (Å²) in [5.41, 5.74) is 7.19. The van der Waals surface area contributed by atoms with Gasteiger partial charge in [-0.25, -0.2) is 15.0 Å². The molecule has 0 bridgehead atoms. The second-order valence-electron chi connectivity index (χ2n) is 13.1. The predicted octanol–water partition coefficient (Wildman–Crippen LogP) is 12.2. The highest BCUT2D eigenvalue weighted by Gasteiger charge is 2.20. The Bertz CT molecular complexity index is 3020. The molecule has 5 nitrogen and oxygen atoms in total. The monoisotopic (exact) mass is 672 g/mol. The Morgan fingerprint density at radius 3 is 2.08 bits per heavy atom. The number of aromatic nitrogens is 4. The van der Waals surface area contributed by atoms with Crippen molar-refractivity contribution in [3.8, 4) is 28.5 Å². The Hall–Kier alpha value is -6.37. The molecule has 0 saturated carbocycles.